The Morgan fingerprint density at radius 1 is 1.26 bits per heavy atom. The molecule has 2 rings (SSSR count). The van der Waals surface area contributed by atoms with Crippen LogP contribution in [0, 0.1) is 11.8 Å². The Morgan fingerprint density at radius 3 is 2.52 bits per heavy atom. The van der Waals surface area contributed by atoms with Gasteiger partial charge in [-0.15, -0.1) is 0 Å². The zero-order chi connectivity index (χ0) is 20.4. The fourth-order valence-electron chi connectivity index (χ4n) is 4.23. The Hall–Kier alpha value is -1.55. The summed E-state index contributed by atoms with van der Waals surface area (Å²) in [6, 6.07) is 7.24. The molecular weight excluding hydrogens is 334 g/mol. The summed E-state index contributed by atoms with van der Waals surface area (Å²) in [5.41, 5.74) is 8.03. The molecule has 4 heteroatoms. The Bertz CT molecular complexity index is 574. The predicted octanol–water partition coefficient (Wildman–Crippen LogP) is 5.26. The molecule has 0 saturated heterocycles. The molecule has 0 spiro atoms. The van der Waals surface area contributed by atoms with Crippen LogP contribution in [0.25, 0.3) is 0 Å². The largest absolute Gasteiger partial charge is 0.385 e. The number of benzene rings is 1. The van der Waals surface area contributed by atoms with Crippen molar-refractivity contribution in [3.8, 4) is 0 Å². The number of nitrogens with one attached hydrogen (secondary N) is 2. The molecule has 4 unspecified atom stereocenters. The fraction of sp³-hybridized carbons (Fsp3) is 0.696. The molecule has 1 aromatic carbocycles. The van der Waals surface area contributed by atoms with Crippen LogP contribution in [0.2, 0.25) is 0 Å². The maximum Gasteiger partial charge on any atom is 0.242 e. The number of amides is 1. The SMILES string of the molecule is CC.CCCCNc1ccccc1C(N)C(=O)NC1(C)CC(C)C(CC)C1. The zero-order valence-electron chi connectivity index (χ0n) is 18.3. The molecular formula is C23H41N3O. The highest BCUT2D eigenvalue weighted by Gasteiger charge is 2.40. The number of hydrogen-bond donors (Lipinski definition) is 3. The topological polar surface area (TPSA) is 67.1 Å². The van der Waals surface area contributed by atoms with Crippen LogP contribution in [-0.2, 0) is 4.79 Å². The first-order valence-electron chi connectivity index (χ1n) is 10.8. The smallest absolute Gasteiger partial charge is 0.242 e. The van der Waals surface area contributed by atoms with E-state index in [2.05, 4.69) is 38.3 Å². The van der Waals surface area contributed by atoms with Crippen LogP contribution in [0.3, 0.4) is 0 Å². The van der Waals surface area contributed by atoms with Gasteiger partial charge in [0, 0.05) is 23.3 Å². The molecule has 1 fully saturated rings. The van der Waals surface area contributed by atoms with Crippen molar-refractivity contribution in [2.75, 3.05) is 11.9 Å². The summed E-state index contributed by atoms with van der Waals surface area (Å²) in [5.74, 6) is 1.26. The molecule has 154 valence electrons. The summed E-state index contributed by atoms with van der Waals surface area (Å²) in [4.78, 5) is 12.8. The highest BCUT2D eigenvalue weighted by molar-refractivity contribution is 5.85. The minimum atomic E-state index is -0.641. The van der Waals surface area contributed by atoms with E-state index < -0.39 is 6.04 Å². The van der Waals surface area contributed by atoms with E-state index in [9.17, 15) is 4.79 Å². The second-order valence-corrected chi connectivity index (χ2v) is 7.95. The molecule has 1 aliphatic rings. The molecule has 0 heterocycles. The van der Waals surface area contributed by atoms with E-state index in [1.807, 2.05) is 38.1 Å². The van der Waals surface area contributed by atoms with Crippen molar-refractivity contribution in [2.24, 2.45) is 17.6 Å². The minimum absolute atomic E-state index is 0.0730. The van der Waals surface area contributed by atoms with Crippen molar-refractivity contribution in [1.29, 1.82) is 0 Å². The molecule has 4 N–H and O–H groups in total. The van der Waals surface area contributed by atoms with Crippen molar-refractivity contribution in [3.05, 3.63) is 29.8 Å². The number of anilines is 1. The average molecular weight is 376 g/mol. The van der Waals surface area contributed by atoms with Gasteiger partial charge in [0.05, 0.1) is 0 Å². The Balaban J connectivity index is 0.00000176. The van der Waals surface area contributed by atoms with Crippen LogP contribution in [0.1, 0.15) is 85.3 Å². The number of carbonyl (C=O) groups excluding carboxylic acids is 1. The van der Waals surface area contributed by atoms with Crippen molar-refractivity contribution < 1.29 is 4.79 Å². The molecule has 0 radical (unpaired) electrons. The summed E-state index contributed by atoms with van der Waals surface area (Å²) in [5, 5.41) is 6.67. The number of rotatable bonds is 8. The van der Waals surface area contributed by atoms with Gasteiger partial charge in [0.15, 0.2) is 0 Å². The van der Waals surface area contributed by atoms with Gasteiger partial charge in [-0.1, -0.05) is 65.7 Å². The maximum atomic E-state index is 12.8. The third kappa shape index (κ3) is 6.53. The van der Waals surface area contributed by atoms with E-state index in [0.717, 1.165) is 43.5 Å². The van der Waals surface area contributed by atoms with Gasteiger partial charge in [0.1, 0.15) is 6.04 Å². The molecule has 0 aromatic heterocycles. The molecule has 1 aliphatic carbocycles. The van der Waals surface area contributed by atoms with Gasteiger partial charge in [-0.25, -0.2) is 0 Å². The number of unbranched alkanes of at least 4 members (excludes halogenated alkanes) is 1. The summed E-state index contributed by atoms with van der Waals surface area (Å²) < 4.78 is 0. The molecule has 1 amide bonds. The number of carbonyl (C=O) groups is 1. The lowest BCUT2D eigenvalue weighted by Crippen LogP contribution is -2.48. The maximum absolute atomic E-state index is 12.8. The lowest BCUT2D eigenvalue weighted by atomic mass is 9.95. The molecule has 27 heavy (non-hydrogen) atoms. The van der Waals surface area contributed by atoms with Crippen LogP contribution < -0.4 is 16.4 Å². The van der Waals surface area contributed by atoms with Gasteiger partial charge in [-0.2, -0.15) is 0 Å². The second kappa shape index (κ2) is 11.3. The Labute approximate surface area is 166 Å². The fourth-order valence-corrected chi connectivity index (χ4v) is 4.23. The first-order chi connectivity index (χ1) is 12.9. The van der Waals surface area contributed by atoms with Gasteiger partial charge in [0.2, 0.25) is 5.91 Å². The summed E-state index contributed by atoms with van der Waals surface area (Å²) in [6.07, 6.45) is 5.48. The van der Waals surface area contributed by atoms with Gasteiger partial charge in [0.25, 0.3) is 0 Å². The second-order valence-electron chi connectivity index (χ2n) is 7.95. The van der Waals surface area contributed by atoms with Crippen LogP contribution in [0.15, 0.2) is 24.3 Å². The minimum Gasteiger partial charge on any atom is -0.385 e. The third-order valence-electron chi connectivity index (χ3n) is 5.66. The molecule has 0 aliphatic heterocycles. The van der Waals surface area contributed by atoms with Crippen LogP contribution >= 0.6 is 0 Å². The number of hydrogen-bond acceptors (Lipinski definition) is 3. The van der Waals surface area contributed by atoms with E-state index in [-0.39, 0.29) is 11.4 Å². The Kier molecular flexibility index (Phi) is 9.86. The highest BCUT2D eigenvalue weighted by atomic mass is 16.2. The van der Waals surface area contributed by atoms with E-state index >= 15 is 0 Å². The highest BCUT2D eigenvalue weighted by Crippen LogP contribution is 2.40. The predicted molar refractivity (Wildman–Crippen MR) is 117 cm³/mol. The van der Waals surface area contributed by atoms with Gasteiger partial charge >= 0.3 is 0 Å². The molecule has 1 saturated carbocycles. The van der Waals surface area contributed by atoms with Crippen molar-refractivity contribution in [1.82, 2.24) is 5.32 Å². The first kappa shape index (κ1) is 23.5. The lowest BCUT2D eigenvalue weighted by Gasteiger charge is -2.28. The van der Waals surface area contributed by atoms with Crippen molar-refractivity contribution in [3.63, 3.8) is 0 Å². The lowest BCUT2D eigenvalue weighted by molar-refractivity contribution is -0.124. The third-order valence-corrected chi connectivity index (χ3v) is 5.66. The molecule has 1 aromatic rings. The zero-order valence-corrected chi connectivity index (χ0v) is 18.3. The first-order valence-corrected chi connectivity index (χ1v) is 10.8. The standard InChI is InChI=1S/C21H35N3O.C2H6/c1-5-7-12-23-18-11-9-8-10-17(18)19(22)20(25)24-21(4)13-15(3)16(6-2)14-21;1-2/h8-11,15-16,19,23H,5-7,12-14,22H2,1-4H3,(H,24,25);1-2H3. The van der Waals surface area contributed by atoms with Crippen LogP contribution in [0.4, 0.5) is 5.69 Å². The van der Waals surface area contributed by atoms with Crippen molar-refractivity contribution >= 4 is 11.6 Å². The van der Waals surface area contributed by atoms with Crippen molar-refractivity contribution in [2.45, 2.75) is 85.2 Å². The summed E-state index contributed by atoms with van der Waals surface area (Å²) >= 11 is 0. The number of para-hydroxylation sites is 1. The monoisotopic (exact) mass is 375 g/mol. The Morgan fingerprint density at radius 2 is 1.93 bits per heavy atom. The van der Waals surface area contributed by atoms with E-state index in [1.165, 1.54) is 6.42 Å². The van der Waals surface area contributed by atoms with Crippen LogP contribution in [-0.4, -0.2) is 18.0 Å². The quantitative estimate of drug-likeness (QED) is 0.543. The molecule has 4 atom stereocenters. The van der Waals surface area contributed by atoms with E-state index in [1.54, 1.807) is 0 Å². The van der Waals surface area contributed by atoms with Gasteiger partial charge < -0.3 is 16.4 Å². The summed E-state index contributed by atoms with van der Waals surface area (Å²) in [7, 11) is 0. The van der Waals surface area contributed by atoms with E-state index in [4.69, 9.17) is 5.73 Å². The average Bonchev–Trinajstić information content (AvgIpc) is 2.96. The van der Waals surface area contributed by atoms with E-state index in [0.29, 0.717) is 11.8 Å². The van der Waals surface area contributed by atoms with Crippen LogP contribution in [0.5, 0.6) is 0 Å². The summed E-state index contributed by atoms with van der Waals surface area (Å²) in [6.45, 7) is 13.8. The molecule has 0 bridgehead atoms. The molecule has 4 nitrogen and oxygen atoms in total. The van der Waals surface area contributed by atoms with Gasteiger partial charge in [-0.3, -0.25) is 4.79 Å². The normalized spacial score (nSPS) is 25.3. The number of nitrogens with two attached hydrogens (primary N) is 1. The van der Waals surface area contributed by atoms with Gasteiger partial charge in [-0.05, 0) is 44.1 Å².